The second kappa shape index (κ2) is 5.09. The van der Waals surface area contributed by atoms with E-state index in [0.29, 0.717) is 5.56 Å². The second-order valence-electron chi connectivity index (χ2n) is 3.48. The number of aliphatic hydroxyl groups is 1. The van der Waals surface area contributed by atoms with Gasteiger partial charge in [0.2, 0.25) is 10.0 Å². The third-order valence-corrected chi connectivity index (χ3v) is 3.65. The molecule has 0 spiro atoms. The van der Waals surface area contributed by atoms with Crippen LogP contribution in [-0.2, 0) is 10.0 Å². The van der Waals surface area contributed by atoms with Gasteiger partial charge >= 0.3 is 0 Å². The molecule has 16 heavy (non-hydrogen) atoms. The lowest BCUT2D eigenvalue weighted by Gasteiger charge is -2.08. The predicted octanol–water partition coefficient (Wildman–Crippen LogP) is 0.703. The maximum atomic E-state index is 11.7. The largest absolute Gasteiger partial charge is 0.392 e. The summed E-state index contributed by atoms with van der Waals surface area (Å²) >= 11 is 5.69. The molecule has 1 unspecified atom stereocenters. The van der Waals surface area contributed by atoms with Crippen molar-refractivity contribution in [3.05, 3.63) is 23.0 Å². The molecule has 5 nitrogen and oxygen atoms in total. The zero-order valence-electron chi connectivity index (χ0n) is 8.94. The topological polar surface area (TPSA) is 79.3 Å². The van der Waals surface area contributed by atoms with Crippen molar-refractivity contribution in [2.75, 3.05) is 6.54 Å². The van der Waals surface area contributed by atoms with E-state index < -0.39 is 16.1 Å². The fourth-order valence-corrected chi connectivity index (χ4v) is 2.25. The van der Waals surface area contributed by atoms with Crippen molar-refractivity contribution < 1.29 is 13.5 Å². The average Bonchev–Trinajstić information content (AvgIpc) is 2.19. The molecular formula is C9H13ClN2O3S. The maximum absolute atomic E-state index is 11.7. The van der Waals surface area contributed by atoms with E-state index in [-0.39, 0.29) is 16.6 Å². The van der Waals surface area contributed by atoms with Crippen LogP contribution in [0.2, 0.25) is 5.15 Å². The van der Waals surface area contributed by atoms with Crippen LogP contribution in [0.25, 0.3) is 0 Å². The number of hydrogen-bond donors (Lipinski definition) is 2. The van der Waals surface area contributed by atoms with Gasteiger partial charge in [0.15, 0.2) is 0 Å². The molecule has 1 aromatic heterocycles. The van der Waals surface area contributed by atoms with Gasteiger partial charge in [-0.3, -0.25) is 0 Å². The SMILES string of the molecule is Cc1cc(S(=O)(=O)NCC(C)O)cnc1Cl. The first-order valence-corrected chi connectivity index (χ1v) is 6.49. The van der Waals surface area contributed by atoms with E-state index in [1.165, 1.54) is 19.2 Å². The molecule has 0 saturated carbocycles. The first-order chi connectivity index (χ1) is 7.33. The third-order valence-electron chi connectivity index (χ3n) is 1.87. The first-order valence-electron chi connectivity index (χ1n) is 4.63. The smallest absolute Gasteiger partial charge is 0.242 e. The van der Waals surface area contributed by atoms with Crippen molar-refractivity contribution >= 4 is 21.6 Å². The van der Waals surface area contributed by atoms with Crippen molar-refractivity contribution in [2.45, 2.75) is 24.8 Å². The number of nitrogens with zero attached hydrogens (tertiary/aromatic N) is 1. The molecule has 0 saturated heterocycles. The average molecular weight is 265 g/mol. The van der Waals surface area contributed by atoms with Crippen LogP contribution in [0.5, 0.6) is 0 Å². The summed E-state index contributed by atoms with van der Waals surface area (Å²) in [5, 5.41) is 9.27. The number of nitrogens with one attached hydrogen (secondary N) is 1. The van der Waals surface area contributed by atoms with E-state index in [1.807, 2.05) is 0 Å². The number of rotatable bonds is 4. The zero-order valence-corrected chi connectivity index (χ0v) is 10.5. The van der Waals surface area contributed by atoms with Gasteiger partial charge in [-0.25, -0.2) is 18.1 Å². The van der Waals surface area contributed by atoms with Crippen molar-refractivity contribution in [2.24, 2.45) is 0 Å². The number of aliphatic hydroxyl groups excluding tert-OH is 1. The minimum Gasteiger partial charge on any atom is -0.392 e. The highest BCUT2D eigenvalue weighted by atomic mass is 35.5. The molecule has 7 heteroatoms. The van der Waals surface area contributed by atoms with E-state index in [4.69, 9.17) is 16.7 Å². The van der Waals surface area contributed by atoms with Crippen molar-refractivity contribution in [3.8, 4) is 0 Å². The van der Waals surface area contributed by atoms with Crippen LogP contribution < -0.4 is 4.72 Å². The van der Waals surface area contributed by atoms with Gasteiger partial charge in [0.05, 0.1) is 6.10 Å². The highest BCUT2D eigenvalue weighted by molar-refractivity contribution is 7.89. The Morgan fingerprint density at radius 1 is 1.62 bits per heavy atom. The normalized spacial score (nSPS) is 13.8. The molecule has 1 aromatic rings. The standard InChI is InChI=1S/C9H13ClN2O3S/c1-6-3-8(5-11-9(6)10)16(14,15)12-4-7(2)13/h3,5,7,12-13H,4H2,1-2H3. The Morgan fingerprint density at radius 2 is 2.25 bits per heavy atom. The molecule has 0 aliphatic carbocycles. The summed E-state index contributed by atoms with van der Waals surface area (Å²) in [4.78, 5) is 3.79. The van der Waals surface area contributed by atoms with E-state index >= 15 is 0 Å². The van der Waals surface area contributed by atoms with Gasteiger partial charge in [0.25, 0.3) is 0 Å². The fraction of sp³-hybridized carbons (Fsp3) is 0.444. The maximum Gasteiger partial charge on any atom is 0.242 e. The van der Waals surface area contributed by atoms with E-state index in [1.54, 1.807) is 6.92 Å². The van der Waals surface area contributed by atoms with Crippen molar-refractivity contribution in [3.63, 3.8) is 0 Å². The van der Waals surface area contributed by atoms with Crippen LogP contribution in [0.15, 0.2) is 17.2 Å². The van der Waals surface area contributed by atoms with Crippen LogP contribution in [0, 0.1) is 6.92 Å². The zero-order chi connectivity index (χ0) is 12.3. The summed E-state index contributed by atoms with van der Waals surface area (Å²) in [6.45, 7) is 3.13. The number of sulfonamides is 1. The summed E-state index contributed by atoms with van der Waals surface area (Å²) in [6.07, 6.45) is 0.441. The van der Waals surface area contributed by atoms with Gasteiger partial charge in [0.1, 0.15) is 10.0 Å². The van der Waals surface area contributed by atoms with E-state index in [9.17, 15) is 8.42 Å². The van der Waals surface area contributed by atoms with Crippen LogP contribution in [0.1, 0.15) is 12.5 Å². The second-order valence-corrected chi connectivity index (χ2v) is 5.60. The Labute approximate surface area is 99.5 Å². The van der Waals surface area contributed by atoms with Crippen molar-refractivity contribution in [1.82, 2.24) is 9.71 Å². The van der Waals surface area contributed by atoms with Gasteiger partial charge in [-0.15, -0.1) is 0 Å². The Kier molecular flexibility index (Phi) is 4.26. The van der Waals surface area contributed by atoms with Crippen LogP contribution in [0.3, 0.4) is 0 Å². The summed E-state index contributed by atoms with van der Waals surface area (Å²) in [5.41, 5.74) is 0.585. The summed E-state index contributed by atoms with van der Waals surface area (Å²) in [7, 11) is -3.63. The fourth-order valence-electron chi connectivity index (χ4n) is 0.993. The number of aromatic nitrogens is 1. The molecule has 1 atom stereocenters. The Hall–Kier alpha value is -0.690. The molecule has 0 fully saturated rings. The van der Waals surface area contributed by atoms with Gasteiger partial charge < -0.3 is 5.11 Å². The Balaban J connectivity index is 2.94. The highest BCUT2D eigenvalue weighted by Gasteiger charge is 2.15. The molecule has 0 amide bonds. The summed E-state index contributed by atoms with van der Waals surface area (Å²) in [5.74, 6) is 0. The van der Waals surface area contributed by atoms with Crippen LogP contribution in [-0.4, -0.2) is 31.2 Å². The van der Waals surface area contributed by atoms with Crippen LogP contribution in [0.4, 0.5) is 0 Å². The van der Waals surface area contributed by atoms with E-state index in [0.717, 1.165) is 0 Å². The molecule has 1 heterocycles. The number of halogens is 1. The van der Waals surface area contributed by atoms with Gasteiger partial charge in [0, 0.05) is 12.7 Å². The monoisotopic (exact) mass is 264 g/mol. The van der Waals surface area contributed by atoms with Gasteiger partial charge in [-0.05, 0) is 25.5 Å². The summed E-state index contributed by atoms with van der Waals surface area (Å²) < 4.78 is 25.7. The lowest BCUT2D eigenvalue weighted by Crippen LogP contribution is -2.30. The minimum atomic E-state index is -3.63. The molecule has 90 valence electrons. The van der Waals surface area contributed by atoms with Gasteiger partial charge in [-0.1, -0.05) is 11.6 Å². The third kappa shape index (κ3) is 3.41. The van der Waals surface area contributed by atoms with Crippen molar-refractivity contribution in [1.29, 1.82) is 0 Å². The molecule has 0 aliphatic heterocycles. The number of hydrogen-bond acceptors (Lipinski definition) is 4. The summed E-state index contributed by atoms with van der Waals surface area (Å²) in [6, 6.07) is 1.43. The molecule has 1 rings (SSSR count). The molecule has 0 bridgehead atoms. The molecular weight excluding hydrogens is 252 g/mol. The quantitative estimate of drug-likeness (QED) is 0.785. The molecule has 2 N–H and O–H groups in total. The minimum absolute atomic E-state index is 0.0371. The van der Waals surface area contributed by atoms with E-state index in [2.05, 4.69) is 9.71 Å². The van der Waals surface area contributed by atoms with Crippen LogP contribution >= 0.6 is 11.6 Å². The predicted molar refractivity (Wildman–Crippen MR) is 60.9 cm³/mol. The lowest BCUT2D eigenvalue weighted by molar-refractivity contribution is 0.198. The lowest BCUT2D eigenvalue weighted by atomic mass is 10.3. The number of pyridine rings is 1. The Bertz CT molecular complexity index is 474. The Morgan fingerprint density at radius 3 is 2.75 bits per heavy atom. The molecule has 0 aliphatic rings. The number of aryl methyl sites for hydroxylation is 1. The highest BCUT2D eigenvalue weighted by Crippen LogP contribution is 2.16. The molecule has 0 radical (unpaired) electrons. The van der Waals surface area contributed by atoms with Gasteiger partial charge in [-0.2, -0.15) is 0 Å². The first kappa shape index (κ1) is 13.4. The molecule has 0 aromatic carbocycles.